The van der Waals surface area contributed by atoms with E-state index in [1.54, 1.807) is 0 Å². The fourth-order valence-corrected chi connectivity index (χ4v) is 1.67. The lowest BCUT2D eigenvalue weighted by atomic mass is 10.1. The Labute approximate surface area is 49.4 Å². The fourth-order valence-electron chi connectivity index (χ4n) is 1.67. The van der Waals surface area contributed by atoms with Gasteiger partial charge in [-0.3, -0.25) is 0 Å². The summed E-state index contributed by atoms with van der Waals surface area (Å²) in [6, 6.07) is 0.562. The van der Waals surface area contributed by atoms with Crippen LogP contribution in [0.15, 0.2) is 0 Å². The van der Waals surface area contributed by atoms with Crippen LogP contribution in [0, 0.1) is 5.92 Å². The number of fused-ring (bicyclic) bond motifs is 1. The Morgan fingerprint density at radius 2 is 2.50 bits per heavy atom. The van der Waals surface area contributed by atoms with Crippen molar-refractivity contribution in [3.05, 3.63) is 0 Å². The SMILES string of the molecule is CC1NCC2CC21N. The molecule has 1 aliphatic heterocycles. The molecule has 1 saturated heterocycles. The summed E-state index contributed by atoms with van der Waals surface area (Å²) in [6.45, 7) is 3.32. The Morgan fingerprint density at radius 3 is 2.62 bits per heavy atom. The van der Waals surface area contributed by atoms with Crippen LogP contribution in [-0.4, -0.2) is 18.1 Å². The molecule has 3 N–H and O–H groups in total. The molecule has 1 heterocycles. The number of nitrogens with one attached hydrogen (secondary N) is 1. The van der Waals surface area contributed by atoms with Crippen molar-refractivity contribution in [1.29, 1.82) is 0 Å². The number of rotatable bonds is 0. The van der Waals surface area contributed by atoms with Gasteiger partial charge in [-0.1, -0.05) is 0 Å². The Balaban J connectivity index is 2.19. The first-order chi connectivity index (χ1) is 3.73. The minimum absolute atomic E-state index is 0.208. The molecule has 0 aromatic heterocycles. The second-order valence-electron chi connectivity index (χ2n) is 3.14. The predicted octanol–water partition coefficient (Wildman–Crippen LogP) is -0.305. The molecular weight excluding hydrogens is 100 g/mol. The van der Waals surface area contributed by atoms with Crippen LogP contribution in [0.25, 0.3) is 0 Å². The topological polar surface area (TPSA) is 38.0 Å². The van der Waals surface area contributed by atoms with Gasteiger partial charge in [0.15, 0.2) is 0 Å². The standard InChI is InChI=1S/C6H12N2/c1-4-6(7)2-5(6)3-8-4/h4-5,8H,2-3,7H2,1H3. The highest BCUT2D eigenvalue weighted by atomic mass is 15.1. The maximum absolute atomic E-state index is 5.93. The van der Waals surface area contributed by atoms with E-state index < -0.39 is 0 Å². The summed E-state index contributed by atoms with van der Waals surface area (Å²) in [7, 11) is 0. The van der Waals surface area contributed by atoms with Crippen LogP contribution in [0.5, 0.6) is 0 Å². The van der Waals surface area contributed by atoms with Crippen molar-refractivity contribution in [2.45, 2.75) is 24.9 Å². The van der Waals surface area contributed by atoms with Gasteiger partial charge in [0.2, 0.25) is 0 Å². The summed E-state index contributed by atoms with van der Waals surface area (Å²) in [5.74, 6) is 0.803. The van der Waals surface area contributed by atoms with E-state index in [1.807, 2.05) is 0 Å². The van der Waals surface area contributed by atoms with Gasteiger partial charge in [0.25, 0.3) is 0 Å². The maximum Gasteiger partial charge on any atom is 0.0352 e. The first-order valence-corrected chi connectivity index (χ1v) is 3.26. The zero-order valence-electron chi connectivity index (χ0n) is 5.15. The first-order valence-electron chi connectivity index (χ1n) is 3.26. The van der Waals surface area contributed by atoms with Gasteiger partial charge in [-0.25, -0.2) is 0 Å². The predicted molar refractivity (Wildman–Crippen MR) is 32.5 cm³/mol. The van der Waals surface area contributed by atoms with Crippen LogP contribution < -0.4 is 11.1 Å². The van der Waals surface area contributed by atoms with Crippen molar-refractivity contribution < 1.29 is 0 Å². The molecule has 46 valence electrons. The van der Waals surface area contributed by atoms with Crippen LogP contribution in [0.4, 0.5) is 0 Å². The van der Waals surface area contributed by atoms with Crippen LogP contribution in [0.3, 0.4) is 0 Å². The van der Waals surface area contributed by atoms with E-state index in [1.165, 1.54) is 6.42 Å². The Morgan fingerprint density at radius 1 is 1.75 bits per heavy atom. The van der Waals surface area contributed by atoms with E-state index in [2.05, 4.69) is 12.2 Å². The molecule has 0 aromatic carbocycles. The van der Waals surface area contributed by atoms with E-state index in [4.69, 9.17) is 5.73 Å². The number of hydrogen-bond donors (Lipinski definition) is 2. The molecule has 0 aromatic rings. The molecule has 2 nitrogen and oxygen atoms in total. The van der Waals surface area contributed by atoms with Crippen molar-refractivity contribution in [2.75, 3.05) is 6.54 Å². The summed E-state index contributed by atoms with van der Waals surface area (Å²) in [4.78, 5) is 0. The molecule has 0 amide bonds. The van der Waals surface area contributed by atoms with E-state index in [0.717, 1.165) is 12.5 Å². The third-order valence-electron chi connectivity index (χ3n) is 2.68. The Bertz CT molecular complexity index is 122. The van der Waals surface area contributed by atoms with Gasteiger partial charge >= 0.3 is 0 Å². The highest BCUT2D eigenvalue weighted by Crippen LogP contribution is 2.46. The smallest absolute Gasteiger partial charge is 0.0352 e. The first kappa shape index (κ1) is 4.77. The van der Waals surface area contributed by atoms with E-state index in [9.17, 15) is 0 Å². The zero-order valence-corrected chi connectivity index (χ0v) is 5.15. The van der Waals surface area contributed by atoms with Gasteiger partial charge in [0.1, 0.15) is 0 Å². The van der Waals surface area contributed by atoms with Gasteiger partial charge in [-0.15, -0.1) is 0 Å². The molecule has 0 radical (unpaired) electrons. The minimum atomic E-state index is 0.208. The van der Waals surface area contributed by atoms with Crippen molar-refractivity contribution in [3.8, 4) is 0 Å². The zero-order chi connectivity index (χ0) is 5.78. The molecule has 2 fully saturated rings. The third kappa shape index (κ3) is 0.361. The molecule has 3 atom stereocenters. The largest absolute Gasteiger partial charge is 0.323 e. The molecule has 8 heavy (non-hydrogen) atoms. The van der Waals surface area contributed by atoms with Gasteiger partial charge in [-0.2, -0.15) is 0 Å². The highest BCUT2D eigenvalue weighted by molar-refractivity contribution is 5.18. The molecule has 1 aliphatic carbocycles. The van der Waals surface area contributed by atoms with Crippen molar-refractivity contribution >= 4 is 0 Å². The highest BCUT2D eigenvalue weighted by Gasteiger charge is 2.58. The quantitative estimate of drug-likeness (QED) is 0.451. The normalized spacial score (nSPS) is 60.8. The van der Waals surface area contributed by atoms with Gasteiger partial charge in [0.05, 0.1) is 0 Å². The lowest BCUT2D eigenvalue weighted by molar-refractivity contribution is 0.517. The van der Waals surface area contributed by atoms with E-state index in [-0.39, 0.29) is 5.54 Å². The fraction of sp³-hybridized carbons (Fsp3) is 1.00. The van der Waals surface area contributed by atoms with Crippen LogP contribution in [-0.2, 0) is 0 Å². The van der Waals surface area contributed by atoms with Crippen LogP contribution in [0.1, 0.15) is 13.3 Å². The second kappa shape index (κ2) is 1.09. The maximum atomic E-state index is 5.93. The molecular formula is C6H12N2. The average molecular weight is 112 g/mol. The summed E-state index contributed by atoms with van der Waals surface area (Å²) in [5.41, 5.74) is 6.14. The third-order valence-corrected chi connectivity index (χ3v) is 2.68. The van der Waals surface area contributed by atoms with Crippen LogP contribution >= 0.6 is 0 Å². The molecule has 2 rings (SSSR count). The molecule has 2 aliphatic rings. The summed E-state index contributed by atoms with van der Waals surface area (Å²) >= 11 is 0. The van der Waals surface area contributed by atoms with Crippen molar-refractivity contribution in [2.24, 2.45) is 11.7 Å². The molecule has 0 bridgehead atoms. The lowest BCUT2D eigenvalue weighted by Gasteiger charge is -2.12. The number of hydrogen-bond acceptors (Lipinski definition) is 2. The second-order valence-corrected chi connectivity index (χ2v) is 3.14. The summed E-state index contributed by atoms with van der Waals surface area (Å²) in [6.07, 6.45) is 1.25. The minimum Gasteiger partial charge on any atom is -0.323 e. The number of nitrogens with two attached hydrogens (primary N) is 1. The average Bonchev–Trinajstić information content (AvgIpc) is 2.31. The van der Waals surface area contributed by atoms with Crippen molar-refractivity contribution in [1.82, 2.24) is 5.32 Å². The molecule has 1 saturated carbocycles. The van der Waals surface area contributed by atoms with Gasteiger partial charge in [-0.05, 0) is 19.3 Å². The Kier molecular flexibility index (Phi) is 0.649. The summed E-state index contributed by atoms with van der Waals surface area (Å²) < 4.78 is 0. The Hall–Kier alpha value is -0.0800. The summed E-state index contributed by atoms with van der Waals surface area (Å²) in [5, 5.41) is 3.33. The molecule has 3 unspecified atom stereocenters. The van der Waals surface area contributed by atoms with Crippen LogP contribution in [0.2, 0.25) is 0 Å². The van der Waals surface area contributed by atoms with Gasteiger partial charge < -0.3 is 11.1 Å². The van der Waals surface area contributed by atoms with E-state index >= 15 is 0 Å². The monoisotopic (exact) mass is 112 g/mol. The molecule has 2 heteroatoms. The van der Waals surface area contributed by atoms with Crippen molar-refractivity contribution in [3.63, 3.8) is 0 Å². The van der Waals surface area contributed by atoms with E-state index in [0.29, 0.717) is 6.04 Å². The lowest BCUT2D eigenvalue weighted by Crippen LogP contribution is -2.39. The number of piperidine rings is 1. The van der Waals surface area contributed by atoms with Gasteiger partial charge in [0, 0.05) is 18.1 Å². The molecule has 0 spiro atoms.